The first-order valence-electron chi connectivity index (χ1n) is 7.00. The molecular weight excluding hydrogens is 282 g/mol. The van der Waals surface area contributed by atoms with Gasteiger partial charge in [0.25, 0.3) is 0 Å². The minimum Gasteiger partial charge on any atom is -0.465 e. The zero-order valence-corrected chi connectivity index (χ0v) is 11.8. The van der Waals surface area contributed by atoms with Crippen molar-refractivity contribution in [2.45, 2.75) is 12.8 Å². The number of furan rings is 1. The summed E-state index contributed by atoms with van der Waals surface area (Å²) in [5, 5.41) is 5.42. The maximum atomic E-state index is 11.7. The summed E-state index contributed by atoms with van der Waals surface area (Å²) in [5.74, 6) is 0.944. The fourth-order valence-corrected chi connectivity index (χ4v) is 1.84. The second-order valence-electron chi connectivity index (χ2n) is 5.03. The third-order valence-corrected chi connectivity index (χ3v) is 3.17. The van der Waals surface area contributed by atoms with Crippen molar-refractivity contribution in [2.75, 3.05) is 10.6 Å². The van der Waals surface area contributed by atoms with E-state index < -0.39 is 0 Å². The van der Waals surface area contributed by atoms with Crippen LogP contribution in [-0.2, 0) is 9.59 Å². The molecule has 0 spiro atoms. The lowest BCUT2D eigenvalue weighted by Crippen LogP contribution is -2.14. The van der Waals surface area contributed by atoms with Crippen molar-refractivity contribution in [3.8, 4) is 0 Å². The van der Waals surface area contributed by atoms with Gasteiger partial charge in [0.2, 0.25) is 11.8 Å². The van der Waals surface area contributed by atoms with Crippen molar-refractivity contribution in [1.82, 2.24) is 4.98 Å². The standard InChI is InChI=1S/C16H15N3O3/c20-15(8-6-13-2-1-9-22-13)18-12-5-7-14(17-10-12)19-16(21)11-3-4-11/h1-2,5-11H,3-4H2,(H,18,20)(H,17,19,21)/b8-6-. The van der Waals surface area contributed by atoms with Crippen LogP contribution < -0.4 is 10.6 Å². The van der Waals surface area contributed by atoms with Gasteiger partial charge in [-0.15, -0.1) is 0 Å². The van der Waals surface area contributed by atoms with Crippen molar-refractivity contribution >= 4 is 29.4 Å². The number of amides is 2. The van der Waals surface area contributed by atoms with Crippen LogP contribution in [0.25, 0.3) is 6.08 Å². The molecule has 0 unspecified atom stereocenters. The molecule has 2 N–H and O–H groups in total. The van der Waals surface area contributed by atoms with Gasteiger partial charge in [0.05, 0.1) is 18.1 Å². The van der Waals surface area contributed by atoms with Crippen LogP contribution in [0.4, 0.5) is 11.5 Å². The average molecular weight is 297 g/mol. The highest BCUT2D eigenvalue weighted by atomic mass is 16.3. The normalized spacial score (nSPS) is 14.0. The van der Waals surface area contributed by atoms with Gasteiger partial charge in [-0.25, -0.2) is 4.98 Å². The molecule has 6 nitrogen and oxygen atoms in total. The van der Waals surface area contributed by atoms with Crippen LogP contribution >= 0.6 is 0 Å². The number of hydrogen-bond acceptors (Lipinski definition) is 4. The number of aromatic nitrogens is 1. The van der Waals surface area contributed by atoms with Gasteiger partial charge in [0, 0.05) is 12.0 Å². The molecular formula is C16H15N3O3. The predicted molar refractivity (Wildman–Crippen MR) is 82.0 cm³/mol. The summed E-state index contributed by atoms with van der Waals surface area (Å²) in [5.41, 5.74) is 0.554. The molecule has 0 bridgehead atoms. The van der Waals surface area contributed by atoms with E-state index in [1.165, 1.54) is 18.5 Å². The van der Waals surface area contributed by atoms with Crippen LogP contribution in [0.15, 0.2) is 47.2 Å². The van der Waals surface area contributed by atoms with Gasteiger partial charge in [-0.3, -0.25) is 9.59 Å². The number of hydrogen-bond donors (Lipinski definition) is 2. The van der Waals surface area contributed by atoms with Crippen molar-refractivity contribution in [2.24, 2.45) is 5.92 Å². The maximum absolute atomic E-state index is 11.7. The summed E-state index contributed by atoms with van der Waals surface area (Å²) in [6.07, 6.45) is 7.88. The number of anilines is 2. The maximum Gasteiger partial charge on any atom is 0.248 e. The molecule has 0 saturated heterocycles. The molecule has 1 aliphatic carbocycles. The zero-order valence-electron chi connectivity index (χ0n) is 11.8. The smallest absolute Gasteiger partial charge is 0.248 e. The molecule has 22 heavy (non-hydrogen) atoms. The molecule has 1 aliphatic rings. The highest BCUT2D eigenvalue weighted by Gasteiger charge is 2.29. The number of nitrogens with zero attached hydrogens (tertiary/aromatic N) is 1. The largest absolute Gasteiger partial charge is 0.465 e. The van der Waals surface area contributed by atoms with E-state index in [4.69, 9.17) is 4.42 Å². The third-order valence-electron chi connectivity index (χ3n) is 3.17. The fourth-order valence-electron chi connectivity index (χ4n) is 1.84. The lowest BCUT2D eigenvalue weighted by molar-refractivity contribution is -0.117. The number of pyridine rings is 1. The molecule has 0 aromatic carbocycles. The van der Waals surface area contributed by atoms with Gasteiger partial charge in [0.1, 0.15) is 11.6 Å². The molecule has 2 heterocycles. The minimum atomic E-state index is -0.284. The fraction of sp³-hybridized carbons (Fsp3) is 0.188. The van der Waals surface area contributed by atoms with E-state index in [0.717, 1.165) is 12.8 Å². The van der Waals surface area contributed by atoms with Crippen molar-refractivity contribution in [3.63, 3.8) is 0 Å². The molecule has 1 fully saturated rings. The summed E-state index contributed by atoms with van der Waals surface area (Å²) in [7, 11) is 0. The van der Waals surface area contributed by atoms with Gasteiger partial charge in [-0.05, 0) is 43.2 Å². The van der Waals surface area contributed by atoms with Crippen LogP contribution in [-0.4, -0.2) is 16.8 Å². The Hall–Kier alpha value is -2.89. The first-order valence-corrected chi connectivity index (χ1v) is 7.00. The van der Waals surface area contributed by atoms with Crippen molar-refractivity contribution in [1.29, 1.82) is 0 Å². The van der Waals surface area contributed by atoms with Gasteiger partial charge in [0.15, 0.2) is 0 Å². The van der Waals surface area contributed by atoms with Gasteiger partial charge < -0.3 is 15.1 Å². The summed E-state index contributed by atoms with van der Waals surface area (Å²) in [6, 6.07) is 6.85. The Balaban J connectivity index is 1.53. The number of carbonyl (C=O) groups excluding carboxylic acids is 2. The molecule has 2 aromatic rings. The number of rotatable bonds is 5. The van der Waals surface area contributed by atoms with Crippen LogP contribution in [0.5, 0.6) is 0 Å². The Labute approximate surface area is 127 Å². The average Bonchev–Trinajstić information content (AvgIpc) is 3.24. The van der Waals surface area contributed by atoms with Crippen LogP contribution in [0.1, 0.15) is 18.6 Å². The third kappa shape index (κ3) is 3.82. The number of nitrogens with one attached hydrogen (secondary N) is 2. The first kappa shape index (κ1) is 14.1. The Morgan fingerprint density at radius 3 is 2.73 bits per heavy atom. The molecule has 1 saturated carbocycles. The molecule has 0 atom stereocenters. The summed E-state index contributed by atoms with van der Waals surface area (Å²) >= 11 is 0. The van der Waals surface area contributed by atoms with E-state index in [1.54, 1.807) is 30.3 Å². The van der Waals surface area contributed by atoms with E-state index in [2.05, 4.69) is 15.6 Å². The molecule has 3 rings (SSSR count). The molecule has 112 valence electrons. The highest BCUT2D eigenvalue weighted by Crippen LogP contribution is 2.29. The van der Waals surface area contributed by atoms with Gasteiger partial charge in [-0.1, -0.05) is 0 Å². The summed E-state index contributed by atoms with van der Waals surface area (Å²) in [6.45, 7) is 0. The Bertz CT molecular complexity index is 686. The van der Waals surface area contributed by atoms with E-state index in [1.807, 2.05) is 0 Å². The van der Waals surface area contributed by atoms with Crippen molar-refractivity contribution in [3.05, 3.63) is 48.6 Å². The first-order chi connectivity index (χ1) is 10.7. The van der Waals surface area contributed by atoms with Crippen LogP contribution in [0.3, 0.4) is 0 Å². The second kappa shape index (κ2) is 6.26. The Morgan fingerprint density at radius 2 is 2.09 bits per heavy atom. The van der Waals surface area contributed by atoms with Crippen LogP contribution in [0.2, 0.25) is 0 Å². The van der Waals surface area contributed by atoms with Gasteiger partial charge in [-0.2, -0.15) is 0 Å². The summed E-state index contributed by atoms with van der Waals surface area (Å²) in [4.78, 5) is 27.4. The second-order valence-corrected chi connectivity index (χ2v) is 5.03. The van der Waals surface area contributed by atoms with E-state index in [-0.39, 0.29) is 17.7 Å². The lowest BCUT2D eigenvalue weighted by atomic mass is 10.3. The molecule has 2 aromatic heterocycles. The lowest BCUT2D eigenvalue weighted by Gasteiger charge is -2.05. The van der Waals surface area contributed by atoms with Gasteiger partial charge >= 0.3 is 0 Å². The van der Waals surface area contributed by atoms with E-state index in [0.29, 0.717) is 17.3 Å². The monoisotopic (exact) mass is 297 g/mol. The Morgan fingerprint density at radius 1 is 1.23 bits per heavy atom. The molecule has 2 amide bonds. The van der Waals surface area contributed by atoms with Crippen LogP contribution in [0, 0.1) is 5.92 Å². The van der Waals surface area contributed by atoms with E-state index >= 15 is 0 Å². The summed E-state index contributed by atoms with van der Waals surface area (Å²) < 4.78 is 5.09. The highest BCUT2D eigenvalue weighted by molar-refractivity contribution is 6.01. The quantitative estimate of drug-likeness (QED) is 0.831. The molecule has 0 radical (unpaired) electrons. The Kier molecular flexibility index (Phi) is 4.00. The van der Waals surface area contributed by atoms with E-state index in [9.17, 15) is 9.59 Å². The molecule has 6 heteroatoms. The molecule has 0 aliphatic heterocycles. The topological polar surface area (TPSA) is 84.2 Å². The van der Waals surface area contributed by atoms with Crippen molar-refractivity contribution < 1.29 is 14.0 Å². The zero-order chi connectivity index (χ0) is 15.4. The SMILES string of the molecule is O=C(/C=C\c1ccco1)Nc1ccc(NC(=O)C2CC2)nc1. The minimum absolute atomic E-state index is 0.00525. The number of carbonyl (C=O) groups is 2. The predicted octanol–water partition coefficient (Wildman–Crippen LogP) is 2.68.